The van der Waals surface area contributed by atoms with Gasteiger partial charge in [-0.1, -0.05) is 17.7 Å². The van der Waals surface area contributed by atoms with E-state index in [1.54, 1.807) is 6.26 Å². The topological polar surface area (TPSA) is 48.4 Å². The van der Waals surface area contributed by atoms with Crippen LogP contribution in [-0.4, -0.2) is 6.04 Å². The van der Waals surface area contributed by atoms with Gasteiger partial charge in [-0.3, -0.25) is 0 Å². The number of furan rings is 1. The molecule has 0 fully saturated rings. The monoisotopic (exact) mass is 231 g/mol. The van der Waals surface area contributed by atoms with E-state index in [-0.39, 0.29) is 12.1 Å². The van der Waals surface area contributed by atoms with Crippen LogP contribution in [0.2, 0.25) is 0 Å². The van der Waals surface area contributed by atoms with Crippen molar-refractivity contribution in [1.29, 1.82) is 0 Å². The van der Waals surface area contributed by atoms with Gasteiger partial charge in [0.1, 0.15) is 11.5 Å². The Kier molecular flexibility index (Phi) is 3.49. The highest BCUT2D eigenvalue weighted by Crippen LogP contribution is 2.24. The molecule has 1 aromatic carbocycles. The maximum absolute atomic E-state index is 5.92. The molecule has 17 heavy (non-hydrogen) atoms. The summed E-state index contributed by atoms with van der Waals surface area (Å²) < 4.78 is 11.2. The molecule has 3 nitrogen and oxygen atoms in total. The van der Waals surface area contributed by atoms with E-state index in [0.29, 0.717) is 0 Å². The van der Waals surface area contributed by atoms with Crippen molar-refractivity contribution in [2.75, 3.05) is 0 Å². The fourth-order valence-electron chi connectivity index (χ4n) is 1.64. The maximum atomic E-state index is 5.92. The number of rotatable bonds is 4. The lowest BCUT2D eigenvalue weighted by molar-refractivity contribution is 0.153. The summed E-state index contributed by atoms with van der Waals surface area (Å²) in [6, 6.07) is 11.5. The van der Waals surface area contributed by atoms with E-state index < -0.39 is 0 Å². The van der Waals surface area contributed by atoms with Gasteiger partial charge in [-0.2, -0.15) is 0 Å². The Morgan fingerprint density at radius 1 is 1.18 bits per heavy atom. The zero-order valence-corrected chi connectivity index (χ0v) is 10.1. The Morgan fingerprint density at radius 2 is 1.88 bits per heavy atom. The molecule has 0 saturated carbocycles. The van der Waals surface area contributed by atoms with Crippen LogP contribution in [-0.2, 0) is 0 Å². The average molecular weight is 231 g/mol. The molecule has 2 aromatic rings. The summed E-state index contributed by atoms with van der Waals surface area (Å²) in [4.78, 5) is 0. The number of hydrogen-bond acceptors (Lipinski definition) is 3. The molecule has 2 atom stereocenters. The summed E-state index contributed by atoms with van der Waals surface area (Å²) in [6.45, 7) is 3.95. The SMILES string of the molecule is Cc1ccc(OC(c2ccco2)C(C)N)cc1. The van der Waals surface area contributed by atoms with Gasteiger partial charge in [0.05, 0.1) is 6.26 Å². The third-order valence-electron chi connectivity index (χ3n) is 2.59. The Labute approximate surface area is 101 Å². The predicted molar refractivity (Wildman–Crippen MR) is 66.9 cm³/mol. The lowest BCUT2D eigenvalue weighted by Gasteiger charge is -2.20. The molecule has 1 heterocycles. The van der Waals surface area contributed by atoms with Crippen molar-refractivity contribution in [3.63, 3.8) is 0 Å². The van der Waals surface area contributed by atoms with E-state index in [2.05, 4.69) is 0 Å². The van der Waals surface area contributed by atoms with Crippen LogP contribution in [0.1, 0.15) is 24.4 Å². The zero-order chi connectivity index (χ0) is 12.3. The van der Waals surface area contributed by atoms with Gasteiger partial charge in [0.25, 0.3) is 0 Å². The summed E-state index contributed by atoms with van der Waals surface area (Å²) in [7, 11) is 0. The van der Waals surface area contributed by atoms with Crippen molar-refractivity contribution in [3.05, 3.63) is 54.0 Å². The Balaban J connectivity index is 2.16. The van der Waals surface area contributed by atoms with Crippen LogP contribution in [0.5, 0.6) is 5.75 Å². The van der Waals surface area contributed by atoms with E-state index in [1.165, 1.54) is 5.56 Å². The molecule has 90 valence electrons. The first-order valence-electron chi connectivity index (χ1n) is 5.69. The molecule has 2 N–H and O–H groups in total. The van der Waals surface area contributed by atoms with Crippen molar-refractivity contribution in [2.24, 2.45) is 5.73 Å². The first kappa shape index (κ1) is 11.7. The van der Waals surface area contributed by atoms with Gasteiger partial charge in [-0.15, -0.1) is 0 Å². The zero-order valence-electron chi connectivity index (χ0n) is 10.1. The van der Waals surface area contributed by atoms with Crippen LogP contribution in [0.15, 0.2) is 47.1 Å². The molecule has 0 saturated heterocycles. The minimum Gasteiger partial charge on any atom is -0.481 e. The molecular formula is C14H17NO2. The Hall–Kier alpha value is -1.74. The van der Waals surface area contributed by atoms with Crippen LogP contribution in [0, 0.1) is 6.92 Å². The van der Waals surface area contributed by atoms with Crippen molar-refractivity contribution in [2.45, 2.75) is 26.0 Å². The molecular weight excluding hydrogens is 214 g/mol. The second-order valence-corrected chi connectivity index (χ2v) is 4.23. The Morgan fingerprint density at radius 3 is 2.41 bits per heavy atom. The smallest absolute Gasteiger partial charge is 0.171 e. The van der Waals surface area contributed by atoms with Gasteiger partial charge in [-0.05, 0) is 38.1 Å². The standard InChI is InChI=1S/C14H17NO2/c1-10-5-7-12(8-6-10)17-14(11(2)15)13-4-3-9-16-13/h3-9,11,14H,15H2,1-2H3. The number of hydrogen-bond donors (Lipinski definition) is 1. The van der Waals surface area contributed by atoms with Gasteiger partial charge < -0.3 is 14.9 Å². The fourth-order valence-corrected chi connectivity index (χ4v) is 1.64. The first-order chi connectivity index (χ1) is 8.16. The molecule has 2 unspecified atom stereocenters. The number of ether oxygens (including phenoxy) is 1. The van der Waals surface area contributed by atoms with E-state index in [0.717, 1.165) is 11.5 Å². The highest BCUT2D eigenvalue weighted by atomic mass is 16.5. The highest BCUT2D eigenvalue weighted by Gasteiger charge is 2.20. The normalized spacial score (nSPS) is 14.3. The largest absolute Gasteiger partial charge is 0.481 e. The summed E-state index contributed by atoms with van der Waals surface area (Å²) in [5, 5.41) is 0. The van der Waals surface area contributed by atoms with E-state index >= 15 is 0 Å². The van der Waals surface area contributed by atoms with Gasteiger partial charge >= 0.3 is 0 Å². The van der Waals surface area contributed by atoms with E-state index in [9.17, 15) is 0 Å². The second kappa shape index (κ2) is 5.06. The fraction of sp³-hybridized carbons (Fsp3) is 0.286. The maximum Gasteiger partial charge on any atom is 0.171 e. The molecule has 0 radical (unpaired) electrons. The summed E-state index contributed by atoms with van der Waals surface area (Å²) in [5.74, 6) is 1.55. The predicted octanol–water partition coefficient (Wildman–Crippen LogP) is 3.06. The molecule has 0 aliphatic carbocycles. The number of benzene rings is 1. The molecule has 2 rings (SSSR count). The van der Waals surface area contributed by atoms with Crippen molar-refractivity contribution in [3.8, 4) is 5.75 Å². The van der Waals surface area contributed by atoms with Crippen LogP contribution in [0.25, 0.3) is 0 Å². The molecule has 0 bridgehead atoms. The van der Waals surface area contributed by atoms with E-state index in [4.69, 9.17) is 14.9 Å². The highest BCUT2D eigenvalue weighted by molar-refractivity contribution is 5.27. The van der Waals surface area contributed by atoms with Crippen molar-refractivity contribution < 1.29 is 9.15 Å². The Bertz CT molecular complexity index is 446. The third-order valence-corrected chi connectivity index (χ3v) is 2.59. The van der Waals surface area contributed by atoms with Crippen LogP contribution in [0.4, 0.5) is 0 Å². The second-order valence-electron chi connectivity index (χ2n) is 4.23. The minimum absolute atomic E-state index is 0.137. The van der Waals surface area contributed by atoms with Crippen molar-refractivity contribution >= 4 is 0 Å². The van der Waals surface area contributed by atoms with Crippen LogP contribution < -0.4 is 10.5 Å². The average Bonchev–Trinajstić information content (AvgIpc) is 2.81. The summed E-state index contributed by atoms with van der Waals surface area (Å²) >= 11 is 0. The third kappa shape index (κ3) is 2.88. The summed E-state index contributed by atoms with van der Waals surface area (Å²) in [5.41, 5.74) is 7.12. The molecule has 0 aliphatic rings. The lowest BCUT2D eigenvalue weighted by Crippen LogP contribution is -2.28. The van der Waals surface area contributed by atoms with E-state index in [1.807, 2.05) is 50.2 Å². The molecule has 1 aromatic heterocycles. The summed E-state index contributed by atoms with van der Waals surface area (Å²) in [6.07, 6.45) is 1.37. The molecule has 0 aliphatic heterocycles. The van der Waals surface area contributed by atoms with Gasteiger partial charge in [0.15, 0.2) is 6.10 Å². The molecule has 3 heteroatoms. The lowest BCUT2D eigenvalue weighted by atomic mass is 10.1. The first-order valence-corrected chi connectivity index (χ1v) is 5.69. The van der Waals surface area contributed by atoms with Crippen LogP contribution >= 0.6 is 0 Å². The van der Waals surface area contributed by atoms with Crippen molar-refractivity contribution in [1.82, 2.24) is 0 Å². The minimum atomic E-state index is -0.257. The number of aryl methyl sites for hydroxylation is 1. The quantitative estimate of drug-likeness (QED) is 0.879. The molecule has 0 amide bonds. The van der Waals surface area contributed by atoms with Crippen LogP contribution in [0.3, 0.4) is 0 Å². The van der Waals surface area contributed by atoms with Gasteiger partial charge in [0.2, 0.25) is 0 Å². The number of nitrogens with two attached hydrogens (primary N) is 1. The molecule has 0 spiro atoms. The van der Waals surface area contributed by atoms with Gasteiger partial charge in [0, 0.05) is 6.04 Å². The van der Waals surface area contributed by atoms with Gasteiger partial charge in [-0.25, -0.2) is 0 Å².